The molecule has 2 aromatic rings. The van der Waals surface area contributed by atoms with E-state index in [-0.39, 0.29) is 10.5 Å². The molecule has 0 saturated carbocycles. The van der Waals surface area contributed by atoms with Crippen molar-refractivity contribution >= 4 is 34.6 Å². The normalized spacial score (nSPS) is 13.0. The van der Waals surface area contributed by atoms with Crippen molar-refractivity contribution in [2.45, 2.75) is 46.1 Å². The van der Waals surface area contributed by atoms with Crippen molar-refractivity contribution in [2.24, 2.45) is 5.41 Å². The summed E-state index contributed by atoms with van der Waals surface area (Å²) in [6.07, 6.45) is 1.10. The Balaban J connectivity index is 2.57. The van der Waals surface area contributed by atoms with Gasteiger partial charge in [0.15, 0.2) is 0 Å². The topological polar surface area (TPSA) is 9.23 Å². The van der Waals surface area contributed by atoms with Gasteiger partial charge in [0, 0.05) is 11.9 Å². The molecule has 0 N–H and O–H groups in total. The minimum atomic E-state index is -2.40. The first-order valence-electron chi connectivity index (χ1n) is 9.04. The van der Waals surface area contributed by atoms with Crippen LogP contribution in [0.3, 0.4) is 0 Å². The Morgan fingerprint density at radius 3 is 1.60 bits per heavy atom. The Hall–Kier alpha value is -0.903. The van der Waals surface area contributed by atoms with E-state index >= 15 is 0 Å². The molecule has 0 spiro atoms. The van der Waals surface area contributed by atoms with Crippen molar-refractivity contribution in [2.75, 3.05) is 11.9 Å². The molecule has 0 aliphatic carbocycles. The van der Waals surface area contributed by atoms with Gasteiger partial charge in [0.25, 0.3) is 8.32 Å². The lowest BCUT2D eigenvalue weighted by molar-refractivity contribution is 0.167. The molecule has 0 radical (unpaired) electrons. The van der Waals surface area contributed by atoms with Crippen LogP contribution in [0.4, 0.5) is 0 Å². The summed E-state index contributed by atoms with van der Waals surface area (Å²) in [5.74, 6) is 0. The van der Waals surface area contributed by atoms with Gasteiger partial charge in [-0.3, -0.25) is 0 Å². The lowest BCUT2D eigenvalue weighted by Crippen LogP contribution is -2.67. The van der Waals surface area contributed by atoms with Crippen LogP contribution in [0.25, 0.3) is 0 Å². The van der Waals surface area contributed by atoms with Crippen molar-refractivity contribution in [1.82, 2.24) is 0 Å². The molecule has 0 unspecified atom stereocenters. The summed E-state index contributed by atoms with van der Waals surface area (Å²) in [6.45, 7) is 12.4. The Morgan fingerprint density at radius 2 is 1.24 bits per heavy atom. The smallest absolute Gasteiger partial charge is 0.261 e. The zero-order chi connectivity index (χ0) is 18.6. The second kappa shape index (κ2) is 8.19. The molecule has 0 aromatic heterocycles. The molecule has 0 aliphatic rings. The number of hydrogen-bond acceptors (Lipinski definition) is 1. The SMILES string of the molecule is CC(C)(CCBr)CO[Si](c1ccccc1)(c1ccccc1)C(C)(C)C. The average molecular weight is 419 g/mol. The van der Waals surface area contributed by atoms with Crippen LogP contribution in [0.2, 0.25) is 5.04 Å². The molecule has 0 amide bonds. The third kappa shape index (κ3) is 4.63. The van der Waals surface area contributed by atoms with Gasteiger partial charge in [0.2, 0.25) is 0 Å². The molecule has 0 fully saturated rings. The molecular formula is C22H31BrOSi. The van der Waals surface area contributed by atoms with Gasteiger partial charge in [-0.25, -0.2) is 0 Å². The standard InChI is InChI=1S/C22H31BrOSi/c1-21(2,3)25(19-12-8-6-9-13-19,20-14-10-7-11-15-20)24-18-22(4,5)16-17-23/h6-15H,16-18H2,1-5H3. The maximum atomic E-state index is 7.00. The lowest BCUT2D eigenvalue weighted by Gasteiger charge is -2.44. The van der Waals surface area contributed by atoms with Gasteiger partial charge in [-0.05, 0) is 27.2 Å². The van der Waals surface area contributed by atoms with Crippen molar-refractivity contribution in [1.29, 1.82) is 0 Å². The van der Waals surface area contributed by atoms with E-state index in [9.17, 15) is 0 Å². The molecule has 1 nitrogen and oxygen atoms in total. The van der Waals surface area contributed by atoms with Gasteiger partial charge in [-0.1, -0.05) is 111 Å². The fourth-order valence-electron chi connectivity index (χ4n) is 3.39. The lowest BCUT2D eigenvalue weighted by atomic mass is 9.92. The van der Waals surface area contributed by atoms with E-state index in [0.29, 0.717) is 0 Å². The maximum absolute atomic E-state index is 7.00. The first kappa shape index (κ1) is 20.4. The zero-order valence-electron chi connectivity index (χ0n) is 16.2. The van der Waals surface area contributed by atoms with Crippen LogP contribution in [0.5, 0.6) is 0 Å². The molecular weight excluding hydrogens is 388 g/mol. The van der Waals surface area contributed by atoms with Crippen LogP contribution in [-0.4, -0.2) is 20.3 Å². The van der Waals surface area contributed by atoms with Crippen LogP contribution >= 0.6 is 15.9 Å². The van der Waals surface area contributed by atoms with Gasteiger partial charge < -0.3 is 4.43 Å². The van der Waals surface area contributed by atoms with Gasteiger partial charge in [-0.2, -0.15) is 0 Å². The van der Waals surface area contributed by atoms with Gasteiger partial charge in [0.1, 0.15) is 0 Å². The molecule has 25 heavy (non-hydrogen) atoms. The van der Waals surface area contributed by atoms with Crippen LogP contribution in [-0.2, 0) is 4.43 Å². The van der Waals surface area contributed by atoms with Crippen molar-refractivity contribution in [3.05, 3.63) is 60.7 Å². The minimum absolute atomic E-state index is 0.0419. The van der Waals surface area contributed by atoms with Crippen LogP contribution in [0.15, 0.2) is 60.7 Å². The minimum Gasteiger partial charge on any atom is -0.407 e. The Kier molecular flexibility index (Phi) is 6.69. The van der Waals surface area contributed by atoms with Crippen molar-refractivity contribution < 1.29 is 4.43 Å². The fourth-order valence-corrected chi connectivity index (χ4v) is 9.23. The number of benzene rings is 2. The second-order valence-electron chi connectivity index (χ2n) is 8.56. The molecule has 3 heteroatoms. The monoisotopic (exact) mass is 418 g/mol. The van der Waals surface area contributed by atoms with E-state index in [4.69, 9.17) is 4.43 Å². The Bertz CT molecular complexity index is 607. The molecule has 136 valence electrons. The molecule has 0 saturated heterocycles. The van der Waals surface area contributed by atoms with E-state index < -0.39 is 8.32 Å². The Morgan fingerprint density at radius 1 is 0.800 bits per heavy atom. The van der Waals surface area contributed by atoms with E-state index in [0.717, 1.165) is 18.4 Å². The molecule has 0 aliphatic heterocycles. The quantitative estimate of drug-likeness (QED) is 0.433. The fraction of sp³-hybridized carbons (Fsp3) is 0.455. The van der Waals surface area contributed by atoms with E-state index in [1.165, 1.54) is 10.4 Å². The number of rotatable bonds is 7. The average Bonchev–Trinajstić information content (AvgIpc) is 2.56. The maximum Gasteiger partial charge on any atom is 0.261 e. The largest absolute Gasteiger partial charge is 0.407 e. The van der Waals surface area contributed by atoms with Gasteiger partial charge >= 0.3 is 0 Å². The predicted molar refractivity (Wildman–Crippen MR) is 116 cm³/mol. The summed E-state index contributed by atoms with van der Waals surface area (Å²) >= 11 is 3.59. The predicted octanol–water partition coefficient (Wildman–Crippen LogP) is 5.37. The molecule has 2 rings (SSSR count). The van der Waals surface area contributed by atoms with Crippen LogP contribution < -0.4 is 10.4 Å². The highest BCUT2D eigenvalue weighted by Crippen LogP contribution is 2.38. The number of hydrogen-bond donors (Lipinski definition) is 0. The summed E-state index contributed by atoms with van der Waals surface area (Å²) in [5.41, 5.74) is 0.149. The van der Waals surface area contributed by atoms with E-state index in [1.54, 1.807) is 0 Å². The first-order chi connectivity index (χ1) is 11.7. The first-order valence-corrected chi connectivity index (χ1v) is 12.1. The summed E-state index contributed by atoms with van der Waals surface area (Å²) < 4.78 is 7.00. The Labute approximate surface area is 163 Å². The summed E-state index contributed by atoms with van der Waals surface area (Å²) in [6, 6.07) is 21.7. The van der Waals surface area contributed by atoms with Crippen LogP contribution in [0, 0.1) is 5.41 Å². The second-order valence-corrected chi connectivity index (χ2v) is 13.7. The summed E-state index contributed by atoms with van der Waals surface area (Å²) in [4.78, 5) is 0. The summed E-state index contributed by atoms with van der Waals surface area (Å²) in [7, 11) is -2.40. The van der Waals surface area contributed by atoms with E-state index in [1.807, 2.05) is 0 Å². The summed E-state index contributed by atoms with van der Waals surface area (Å²) in [5, 5.41) is 3.75. The highest BCUT2D eigenvalue weighted by molar-refractivity contribution is 9.09. The molecule has 0 heterocycles. The van der Waals surface area contributed by atoms with Gasteiger partial charge in [-0.15, -0.1) is 0 Å². The van der Waals surface area contributed by atoms with Crippen molar-refractivity contribution in [3.63, 3.8) is 0 Å². The highest BCUT2D eigenvalue weighted by Gasteiger charge is 2.50. The molecule has 0 atom stereocenters. The molecule has 0 bridgehead atoms. The third-order valence-corrected chi connectivity index (χ3v) is 10.2. The molecule has 2 aromatic carbocycles. The number of alkyl halides is 1. The zero-order valence-corrected chi connectivity index (χ0v) is 18.8. The van der Waals surface area contributed by atoms with E-state index in [2.05, 4.69) is 111 Å². The van der Waals surface area contributed by atoms with Crippen LogP contribution in [0.1, 0.15) is 41.0 Å². The third-order valence-electron chi connectivity index (χ3n) is 4.87. The van der Waals surface area contributed by atoms with Crippen molar-refractivity contribution in [3.8, 4) is 0 Å². The highest BCUT2D eigenvalue weighted by atomic mass is 79.9. The van der Waals surface area contributed by atoms with Gasteiger partial charge in [0.05, 0.1) is 0 Å². The number of halogens is 1.